The monoisotopic (exact) mass is 178 g/mol. The number of ether oxygens (including phenoxy) is 1. The lowest BCUT2D eigenvalue weighted by atomic mass is 10.6. The Kier molecular flexibility index (Phi) is 4.66. The Morgan fingerprint density at radius 3 is 3.00 bits per heavy atom. The quantitative estimate of drug-likeness (QED) is 0.560. The van der Waals surface area contributed by atoms with Crippen LogP contribution in [0.1, 0.15) is 6.92 Å². The van der Waals surface area contributed by atoms with Crippen molar-refractivity contribution >= 4 is 23.5 Å². The van der Waals surface area contributed by atoms with Gasteiger partial charge in [0.25, 0.3) is 0 Å². The lowest BCUT2D eigenvalue weighted by molar-refractivity contribution is 0.167. The van der Waals surface area contributed by atoms with Crippen molar-refractivity contribution in [3.63, 3.8) is 0 Å². The summed E-state index contributed by atoms with van der Waals surface area (Å²) in [4.78, 5) is 0. The predicted molar refractivity (Wildman–Crippen MR) is 50.1 cm³/mol. The molecule has 1 unspecified atom stereocenters. The minimum Gasteiger partial charge on any atom is -0.380 e. The molecule has 1 fully saturated rings. The Morgan fingerprint density at radius 1 is 1.30 bits per heavy atom. The molecule has 1 aliphatic rings. The van der Waals surface area contributed by atoms with Gasteiger partial charge in [-0.05, 0) is 0 Å². The Balaban J connectivity index is 2.15. The van der Waals surface area contributed by atoms with Crippen molar-refractivity contribution in [2.24, 2.45) is 0 Å². The number of thioether (sulfide) groups is 2. The van der Waals surface area contributed by atoms with Crippen LogP contribution in [0.15, 0.2) is 0 Å². The van der Waals surface area contributed by atoms with Crippen LogP contribution < -0.4 is 0 Å². The van der Waals surface area contributed by atoms with E-state index in [1.54, 1.807) is 0 Å². The third-order valence-corrected chi connectivity index (χ3v) is 3.89. The lowest BCUT2D eigenvalue weighted by Crippen LogP contribution is -2.01. The first-order valence-corrected chi connectivity index (χ1v) is 5.87. The van der Waals surface area contributed by atoms with Crippen molar-refractivity contribution in [1.29, 1.82) is 0 Å². The summed E-state index contributed by atoms with van der Waals surface area (Å²) in [6.07, 6.45) is 0. The van der Waals surface area contributed by atoms with E-state index in [2.05, 4.69) is 6.92 Å². The second kappa shape index (κ2) is 5.33. The van der Waals surface area contributed by atoms with Crippen LogP contribution in [-0.4, -0.2) is 35.7 Å². The number of hydrogen-bond acceptors (Lipinski definition) is 3. The van der Waals surface area contributed by atoms with Gasteiger partial charge in [-0.3, -0.25) is 0 Å². The molecule has 0 spiro atoms. The van der Waals surface area contributed by atoms with Crippen molar-refractivity contribution in [1.82, 2.24) is 0 Å². The molecule has 0 bridgehead atoms. The van der Waals surface area contributed by atoms with Crippen LogP contribution >= 0.6 is 23.5 Å². The van der Waals surface area contributed by atoms with Crippen molar-refractivity contribution < 1.29 is 4.74 Å². The SMILES string of the molecule is CC1CSCCOCCS1. The van der Waals surface area contributed by atoms with Gasteiger partial charge >= 0.3 is 0 Å². The van der Waals surface area contributed by atoms with Crippen LogP contribution in [0.3, 0.4) is 0 Å². The molecule has 0 saturated carbocycles. The van der Waals surface area contributed by atoms with E-state index in [0.29, 0.717) is 0 Å². The molecule has 1 nitrogen and oxygen atoms in total. The second-order valence-corrected chi connectivity index (χ2v) is 5.06. The van der Waals surface area contributed by atoms with E-state index in [-0.39, 0.29) is 0 Å². The van der Waals surface area contributed by atoms with Gasteiger partial charge in [0, 0.05) is 22.5 Å². The highest BCUT2D eigenvalue weighted by Crippen LogP contribution is 2.17. The van der Waals surface area contributed by atoms with Crippen molar-refractivity contribution in [2.75, 3.05) is 30.5 Å². The standard InChI is InChI=1S/C7H14OS2/c1-7-6-9-4-2-8-3-5-10-7/h7H,2-6H2,1H3. The van der Waals surface area contributed by atoms with Crippen LogP contribution in [0, 0.1) is 0 Å². The zero-order valence-corrected chi connectivity index (χ0v) is 7.97. The van der Waals surface area contributed by atoms with Gasteiger partial charge in [-0.1, -0.05) is 6.92 Å². The smallest absolute Gasteiger partial charge is 0.0557 e. The lowest BCUT2D eigenvalue weighted by Gasteiger charge is -2.06. The zero-order valence-electron chi connectivity index (χ0n) is 6.34. The highest BCUT2D eigenvalue weighted by Gasteiger charge is 2.04. The summed E-state index contributed by atoms with van der Waals surface area (Å²) in [5.74, 6) is 3.63. The van der Waals surface area contributed by atoms with E-state index in [1.165, 1.54) is 17.3 Å². The minimum atomic E-state index is 0.812. The predicted octanol–water partition coefficient (Wildman–Crippen LogP) is 1.87. The van der Waals surface area contributed by atoms with Crippen molar-refractivity contribution in [3.8, 4) is 0 Å². The highest BCUT2D eigenvalue weighted by molar-refractivity contribution is 8.03. The highest BCUT2D eigenvalue weighted by atomic mass is 32.2. The minimum absolute atomic E-state index is 0.812. The van der Waals surface area contributed by atoms with Gasteiger partial charge in [-0.25, -0.2) is 0 Å². The topological polar surface area (TPSA) is 9.23 Å². The first-order chi connectivity index (χ1) is 4.89. The Labute approximate surface area is 71.3 Å². The average Bonchev–Trinajstić information content (AvgIpc) is 2.02. The van der Waals surface area contributed by atoms with Gasteiger partial charge in [-0.15, -0.1) is 0 Å². The molecule has 1 saturated heterocycles. The maximum atomic E-state index is 5.36. The molecule has 1 heterocycles. The summed E-state index contributed by atoms with van der Waals surface area (Å²) in [6.45, 7) is 4.18. The molecule has 1 aliphatic heterocycles. The zero-order chi connectivity index (χ0) is 7.23. The van der Waals surface area contributed by atoms with Gasteiger partial charge in [-0.2, -0.15) is 23.5 Å². The van der Waals surface area contributed by atoms with E-state index in [4.69, 9.17) is 4.74 Å². The normalized spacial score (nSPS) is 30.3. The van der Waals surface area contributed by atoms with E-state index in [9.17, 15) is 0 Å². The van der Waals surface area contributed by atoms with Gasteiger partial charge in [0.15, 0.2) is 0 Å². The fourth-order valence-corrected chi connectivity index (χ4v) is 2.85. The van der Waals surface area contributed by atoms with Gasteiger partial charge < -0.3 is 4.74 Å². The van der Waals surface area contributed by atoms with Gasteiger partial charge in [0.05, 0.1) is 13.2 Å². The van der Waals surface area contributed by atoms with Gasteiger partial charge in [0.2, 0.25) is 0 Å². The fourth-order valence-electron chi connectivity index (χ4n) is 0.826. The van der Waals surface area contributed by atoms with Crippen LogP contribution in [0.2, 0.25) is 0 Å². The van der Waals surface area contributed by atoms with E-state index in [0.717, 1.165) is 18.5 Å². The second-order valence-electron chi connectivity index (χ2n) is 2.37. The molecule has 60 valence electrons. The summed E-state index contributed by atoms with van der Waals surface area (Å²) in [7, 11) is 0. The Bertz CT molecular complexity index is 77.7. The summed E-state index contributed by atoms with van der Waals surface area (Å²) < 4.78 is 5.36. The molecule has 0 aromatic rings. The Morgan fingerprint density at radius 2 is 2.10 bits per heavy atom. The molecule has 10 heavy (non-hydrogen) atoms. The van der Waals surface area contributed by atoms with Crippen molar-refractivity contribution in [3.05, 3.63) is 0 Å². The largest absolute Gasteiger partial charge is 0.380 e. The third kappa shape index (κ3) is 3.74. The molecule has 0 aliphatic carbocycles. The molecule has 0 N–H and O–H groups in total. The van der Waals surface area contributed by atoms with Crippen LogP contribution in [0.25, 0.3) is 0 Å². The van der Waals surface area contributed by atoms with Crippen LogP contribution in [-0.2, 0) is 4.74 Å². The summed E-state index contributed by atoms with van der Waals surface area (Å²) in [5, 5.41) is 0.812. The summed E-state index contributed by atoms with van der Waals surface area (Å²) >= 11 is 4.02. The fraction of sp³-hybridized carbons (Fsp3) is 1.00. The number of hydrogen-bond donors (Lipinski definition) is 0. The first-order valence-electron chi connectivity index (χ1n) is 3.66. The van der Waals surface area contributed by atoms with Crippen LogP contribution in [0.4, 0.5) is 0 Å². The number of rotatable bonds is 0. The van der Waals surface area contributed by atoms with E-state index in [1.807, 2.05) is 23.5 Å². The molecule has 0 radical (unpaired) electrons. The molecule has 1 rings (SSSR count). The maximum absolute atomic E-state index is 5.36. The Hall–Kier alpha value is 0.660. The summed E-state index contributed by atoms with van der Waals surface area (Å²) in [6, 6.07) is 0. The maximum Gasteiger partial charge on any atom is 0.0557 e. The summed E-state index contributed by atoms with van der Waals surface area (Å²) in [5.41, 5.74) is 0. The van der Waals surface area contributed by atoms with Gasteiger partial charge in [0.1, 0.15) is 0 Å². The molecule has 0 aromatic heterocycles. The third-order valence-electron chi connectivity index (χ3n) is 1.35. The van der Waals surface area contributed by atoms with E-state index >= 15 is 0 Å². The molecular formula is C7H14OS2. The van der Waals surface area contributed by atoms with Crippen LogP contribution in [0.5, 0.6) is 0 Å². The first kappa shape index (κ1) is 8.75. The average molecular weight is 178 g/mol. The molecule has 3 heteroatoms. The molecular weight excluding hydrogens is 164 g/mol. The molecule has 0 aromatic carbocycles. The van der Waals surface area contributed by atoms with E-state index < -0.39 is 0 Å². The molecule has 0 amide bonds. The van der Waals surface area contributed by atoms with Crippen molar-refractivity contribution in [2.45, 2.75) is 12.2 Å². The molecule has 1 atom stereocenters.